The van der Waals surface area contributed by atoms with Gasteiger partial charge in [-0.25, -0.2) is 4.98 Å². The molecule has 0 unspecified atom stereocenters. The molecule has 1 aromatic heterocycles. The normalized spacial score (nSPS) is 10.0. The van der Waals surface area contributed by atoms with Crippen LogP contribution >= 0.6 is 23.2 Å². The Kier molecular flexibility index (Phi) is 5.37. The number of nitrogens with zero attached hydrogens (tertiary/aromatic N) is 2. The quantitative estimate of drug-likeness (QED) is 0.645. The van der Waals surface area contributed by atoms with E-state index in [1.54, 1.807) is 48.5 Å². The first-order valence-electron chi connectivity index (χ1n) is 7.55. The summed E-state index contributed by atoms with van der Waals surface area (Å²) in [5.41, 5.74) is 1.99. The summed E-state index contributed by atoms with van der Waals surface area (Å²) in [5, 5.41) is 15.4. The van der Waals surface area contributed by atoms with E-state index in [1.807, 2.05) is 6.07 Å². The molecule has 0 spiro atoms. The van der Waals surface area contributed by atoms with E-state index >= 15 is 0 Å². The smallest absolute Gasteiger partial charge is 0.257 e. The van der Waals surface area contributed by atoms with E-state index in [9.17, 15) is 4.79 Å². The van der Waals surface area contributed by atoms with Crippen molar-refractivity contribution in [1.82, 2.24) is 4.98 Å². The van der Waals surface area contributed by atoms with Crippen molar-refractivity contribution in [3.8, 4) is 6.07 Å². The summed E-state index contributed by atoms with van der Waals surface area (Å²) in [6, 6.07) is 17.4. The van der Waals surface area contributed by atoms with Crippen molar-refractivity contribution in [3.63, 3.8) is 0 Å². The Balaban J connectivity index is 1.73. The van der Waals surface area contributed by atoms with E-state index in [1.165, 1.54) is 6.20 Å². The fourth-order valence-corrected chi connectivity index (χ4v) is 2.71. The van der Waals surface area contributed by atoms with Crippen LogP contribution in [0.4, 0.5) is 17.2 Å². The number of benzene rings is 2. The second kappa shape index (κ2) is 7.87. The van der Waals surface area contributed by atoms with E-state index in [-0.39, 0.29) is 5.91 Å². The summed E-state index contributed by atoms with van der Waals surface area (Å²) >= 11 is 12.1. The largest absolute Gasteiger partial charge is 0.340 e. The number of aromatic nitrogens is 1. The lowest BCUT2D eigenvalue weighted by Crippen LogP contribution is -2.13. The van der Waals surface area contributed by atoms with E-state index in [2.05, 4.69) is 21.7 Å². The molecule has 0 aliphatic heterocycles. The van der Waals surface area contributed by atoms with Crippen LogP contribution in [-0.2, 0) is 0 Å². The topological polar surface area (TPSA) is 77.8 Å². The van der Waals surface area contributed by atoms with Crippen molar-refractivity contribution in [2.75, 3.05) is 10.6 Å². The van der Waals surface area contributed by atoms with Gasteiger partial charge in [0.15, 0.2) is 0 Å². The van der Waals surface area contributed by atoms with Crippen molar-refractivity contribution in [2.24, 2.45) is 0 Å². The third kappa shape index (κ3) is 4.12. The molecular formula is C19H12Cl2N4O. The number of nitrogens with one attached hydrogen (secondary N) is 2. The number of anilines is 3. The molecule has 128 valence electrons. The number of nitriles is 1. The highest BCUT2D eigenvalue weighted by molar-refractivity contribution is 6.40. The number of carbonyl (C=O) groups excluding carboxylic acids is 1. The number of hydrogen-bond acceptors (Lipinski definition) is 4. The first-order valence-corrected chi connectivity index (χ1v) is 8.31. The fourth-order valence-electron chi connectivity index (χ4n) is 2.22. The van der Waals surface area contributed by atoms with Crippen LogP contribution in [0.15, 0.2) is 60.8 Å². The zero-order valence-electron chi connectivity index (χ0n) is 13.3. The van der Waals surface area contributed by atoms with Crippen LogP contribution in [-0.4, -0.2) is 10.9 Å². The average Bonchev–Trinajstić information content (AvgIpc) is 2.65. The molecule has 7 heteroatoms. The van der Waals surface area contributed by atoms with Crippen molar-refractivity contribution in [2.45, 2.75) is 0 Å². The summed E-state index contributed by atoms with van der Waals surface area (Å²) < 4.78 is 0. The molecule has 3 rings (SSSR count). The van der Waals surface area contributed by atoms with Crippen LogP contribution in [0.5, 0.6) is 0 Å². The van der Waals surface area contributed by atoms with Crippen LogP contribution in [0, 0.1) is 11.3 Å². The van der Waals surface area contributed by atoms with Crippen LogP contribution in [0.1, 0.15) is 15.9 Å². The van der Waals surface area contributed by atoms with Gasteiger partial charge >= 0.3 is 0 Å². The molecule has 0 fully saturated rings. The summed E-state index contributed by atoms with van der Waals surface area (Å²) in [7, 11) is 0. The maximum Gasteiger partial charge on any atom is 0.257 e. The lowest BCUT2D eigenvalue weighted by atomic mass is 10.2. The van der Waals surface area contributed by atoms with Crippen LogP contribution < -0.4 is 10.6 Å². The summed E-state index contributed by atoms with van der Waals surface area (Å²) in [4.78, 5) is 16.6. The average molecular weight is 383 g/mol. The first kappa shape index (κ1) is 17.7. The Morgan fingerprint density at radius 3 is 2.42 bits per heavy atom. The second-order valence-corrected chi connectivity index (χ2v) is 6.11. The Bertz CT molecular complexity index is 977. The van der Waals surface area contributed by atoms with Gasteiger partial charge in [-0.1, -0.05) is 35.3 Å². The summed E-state index contributed by atoms with van der Waals surface area (Å²) in [6.45, 7) is 0. The number of rotatable bonds is 4. The highest BCUT2D eigenvalue weighted by Crippen LogP contribution is 2.30. The van der Waals surface area contributed by atoms with Gasteiger partial charge < -0.3 is 10.6 Å². The molecule has 0 bridgehead atoms. The second-order valence-electron chi connectivity index (χ2n) is 5.30. The molecule has 1 amide bonds. The maximum absolute atomic E-state index is 12.3. The standard InChI is InChI=1S/C19H12Cl2N4O/c20-15-5-2-6-16(21)18(15)25-19(26)13-7-8-17(23-11-13)24-14-4-1-3-12(9-14)10-22/h1-9,11H,(H,23,24)(H,25,26). The molecule has 0 saturated heterocycles. The minimum absolute atomic E-state index is 0.356. The Morgan fingerprint density at radius 1 is 1.04 bits per heavy atom. The molecular weight excluding hydrogens is 371 g/mol. The molecule has 2 N–H and O–H groups in total. The Labute approximate surface area is 160 Å². The van der Waals surface area contributed by atoms with Crippen molar-refractivity contribution < 1.29 is 4.79 Å². The number of hydrogen-bond donors (Lipinski definition) is 2. The third-order valence-electron chi connectivity index (χ3n) is 3.49. The van der Waals surface area contributed by atoms with Crippen molar-refractivity contribution >= 4 is 46.3 Å². The van der Waals surface area contributed by atoms with E-state index in [4.69, 9.17) is 28.5 Å². The van der Waals surface area contributed by atoms with Crippen molar-refractivity contribution in [1.29, 1.82) is 5.26 Å². The van der Waals surface area contributed by atoms with Gasteiger partial charge in [-0.15, -0.1) is 0 Å². The van der Waals surface area contributed by atoms with Crippen molar-refractivity contribution in [3.05, 3.63) is 82.0 Å². The number of halogens is 2. The van der Waals surface area contributed by atoms with Crippen LogP contribution in [0.2, 0.25) is 10.0 Å². The van der Waals surface area contributed by atoms with Gasteiger partial charge in [0, 0.05) is 11.9 Å². The highest BCUT2D eigenvalue weighted by Gasteiger charge is 2.12. The molecule has 1 heterocycles. The van der Waals surface area contributed by atoms with Gasteiger partial charge in [-0.3, -0.25) is 4.79 Å². The molecule has 2 aromatic carbocycles. The van der Waals surface area contributed by atoms with E-state index in [0.29, 0.717) is 32.7 Å². The number of carbonyl (C=O) groups is 1. The lowest BCUT2D eigenvalue weighted by molar-refractivity contribution is 0.102. The first-order chi connectivity index (χ1) is 12.6. The molecule has 0 radical (unpaired) electrons. The van der Waals surface area contributed by atoms with Gasteiger partial charge in [0.25, 0.3) is 5.91 Å². The summed E-state index contributed by atoms with van der Waals surface area (Å²) in [6.07, 6.45) is 1.44. The van der Waals surface area contributed by atoms with Crippen LogP contribution in [0.3, 0.4) is 0 Å². The Hall–Kier alpha value is -3.07. The SMILES string of the molecule is N#Cc1cccc(Nc2ccc(C(=O)Nc3c(Cl)cccc3Cl)cn2)c1. The highest BCUT2D eigenvalue weighted by atomic mass is 35.5. The third-order valence-corrected chi connectivity index (χ3v) is 4.12. The molecule has 26 heavy (non-hydrogen) atoms. The zero-order valence-corrected chi connectivity index (χ0v) is 14.8. The maximum atomic E-state index is 12.3. The molecule has 0 atom stereocenters. The molecule has 5 nitrogen and oxygen atoms in total. The predicted molar refractivity (Wildman–Crippen MR) is 103 cm³/mol. The number of para-hydroxylation sites is 1. The zero-order chi connectivity index (χ0) is 18.5. The van der Waals surface area contributed by atoms with Gasteiger partial charge in [0.05, 0.1) is 32.9 Å². The van der Waals surface area contributed by atoms with Gasteiger partial charge in [-0.05, 0) is 42.5 Å². The van der Waals surface area contributed by atoms with E-state index < -0.39 is 0 Å². The number of pyridine rings is 1. The van der Waals surface area contributed by atoms with E-state index in [0.717, 1.165) is 5.69 Å². The minimum atomic E-state index is -0.370. The molecule has 3 aromatic rings. The molecule has 0 saturated carbocycles. The van der Waals surface area contributed by atoms with Gasteiger partial charge in [0.2, 0.25) is 0 Å². The number of amides is 1. The van der Waals surface area contributed by atoms with Gasteiger partial charge in [0.1, 0.15) is 5.82 Å². The summed E-state index contributed by atoms with van der Waals surface area (Å²) in [5.74, 6) is 0.179. The minimum Gasteiger partial charge on any atom is -0.340 e. The van der Waals surface area contributed by atoms with Crippen LogP contribution in [0.25, 0.3) is 0 Å². The Morgan fingerprint density at radius 2 is 1.77 bits per heavy atom. The monoisotopic (exact) mass is 382 g/mol. The fraction of sp³-hybridized carbons (Fsp3) is 0. The predicted octanol–water partition coefficient (Wildman–Crippen LogP) is 5.26. The lowest BCUT2D eigenvalue weighted by Gasteiger charge is -2.10. The van der Waals surface area contributed by atoms with Gasteiger partial charge in [-0.2, -0.15) is 5.26 Å². The molecule has 0 aliphatic carbocycles. The molecule has 0 aliphatic rings.